The molecule has 2 amide bonds. The first-order chi connectivity index (χ1) is 15.9. The van der Waals surface area contributed by atoms with Gasteiger partial charge in [0, 0.05) is 20.9 Å². The lowest BCUT2D eigenvalue weighted by Gasteiger charge is -2.30. The quantitative estimate of drug-likeness (QED) is 0.269. The molecule has 1 aliphatic rings. The Morgan fingerprint density at radius 3 is 2.52 bits per heavy atom. The molecule has 6 nitrogen and oxygen atoms in total. The van der Waals surface area contributed by atoms with Crippen LogP contribution in [0.5, 0.6) is 11.5 Å². The zero-order chi connectivity index (χ0) is 23.5. The van der Waals surface area contributed by atoms with E-state index in [0.29, 0.717) is 22.2 Å². The first-order valence-electron chi connectivity index (χ1n) is 9.56. The summed E-state index contributed by atoms with van der Waals surface area (Å²) < 4.78 is 11.6. The number of nitrogens with one attached hydrogen (secondary N) is 1. The van der Waals surface area contributed by atoms with E-state index in [0.717, 1.165) is 14.0 Å². The maximum atomic E-state index is 13.3. The molecule has 0 aliphatic carbocycles. The summed E-state index contributed by atoms with van der Waals surface area (Å²) in [6.07, 6.45) is 1.57. The molecule has 1 aliphatic heterocycles. The largest absolute Gasteiger partial charge is 0.497 e. The van der Waals surface area contributed by atoms with Crippen LogP contribution < -0.4 is 19.7 Å². The van der Waals surface area contributed by atoms with Crippen molar-refractivity contribution in [2.45, 2.75) is 9.10 Å². The van der Waals surface area contributed by atoms with E-state index >= 15 is 0 Å². The van der Waals surface area contributed by atoms with Crippen LogP contribution in [-0.4, -0.2) is 31.1 Å². The lowest BCUT2D eigenvalue weighted by Crippen LogP contribution is -2.54. The number of nitrogens with zero attached hydrogens (tertiary/aromatic N) is 1. The Kier molecular flexibility index (Phi) is 7.04. The number of methoxy groups -OCH3 is 2. The highest BCUT2D eigenvalue weighted by Gasteiger charge is 2.36. The number of anilines is 1. The fourth-order valence-electron chi connectivity index (χ4n) is 3.07. The summed E-state index contributed by atoms with van der Waals surface area (Å²) in [6, 6.07) is 16.3. The maximum absolute atomic E-state index is 13.3. The van der Waals surface area contributed by atoms with Crippen LogP contribution in [0.4, 0.5) is 5.69 Å². The van der Waals surface area contributed by atoms with E-state index in [2.05, 4.69) is 5.32 Å². The van der Waals surface area contributed by atoms with Crippen LogP contribution in [0.2, 0.25) is 5.02 Å². The summed E-state index contributed by atoms with van der Waals surface area (Å²) in [4.78, 5) is 29.0. The summed E-state index contributed by atoms with van der Waals surface area (Å²) in [7, 11) is 3.02. The molecule has 3 aromatic rings. The molecule has 0 atom stereocenters. The predicted octanol–water partition coefficient (Wildman–Crippen LogP) is 5.40. The number of halogens is 1. The van der Waals surface area contributed by atoms with Gasteiger partial charge in [-0.2, -0.15) is 0 Å². The third-order valence-corrected chi connectivity index (χ3v) is 7.36. The van der Waals surface area contributed by atoms with E-state index < -0.39 is 11.8 Å². The Labute approximate surface area is 209 Å². The van der Waals surface area contributed by atoms with Gasteiger partial charge < -0.3 is 9.47 Å². The van der Waals surface area contributed by atoms with Crippen molar-refractivity contribution in [3.05, 3.63) is 70.1 Å². The minimum atomic E-state index is -0.547. The average Bonchev–Trinajstić information content (AvgIpc) is 3.25. The van der Waals surface area contributed by atoms with Crippen molar-refractivity contribution in [2.75, 3.05) is 19.1 Å². The molecule has 1 aromatic heterocycles. The second-order valence-electron chi connectivity index (χ2n) is 6.71. The zero-order valence-corrected chi connectivity index (χ0v) is 20.7. The molecule has 1 N–H and O–H groups in total. The first kappa shape index (κ1) is 23.3. The highest BCUT2D eigenvalue weighted by Crippen LogP contribution is 2.36. The van der Waals surface area contributed by atoms with Crippen molar-refractivity contribution >= 4 is 75.6 Å². The molecular formula is C23H17ClN2O4S3. The molecule has 10 heteroatoms. The van der Waals surface area contributed by atoms with Crippen molar-refractivity contribution in [1.82, 2.24) is 5.32 Å². The molecular weight excluding hydrogens is 500 g/mol. The van der Waals surface area contributed by atoms with Gasteiger partial charge in [0.2, 0.25) is 0 Å². The molecule has 0 spiro atoms. The van der Waals surface area contributed by atoms with Crippen LogP contribution in [0.1, 0.15) is 4.88 Å². The number of carbonyl (C=O) groups excluding carboxylic acids is 2. The normalized spacial score (nSPS) is 15.1. The maximum Gasteiger partial charge on any atom is 0.270 e. The van der Waals surface area contributed by atoms with Gasteiger partial charge in [0.15, 0.2) is 5.11 Å². The van der Waals surface area contributed by atoms with Crippen LogP contribution in [0.15, 0.2) is 69.3 Å². The molecule has 33 heavy (non-hydrogen) atoms. The molecule has 1 fully saturated rings. The molecule has 2 heterocycles. The Hall–Kier alpha value is -2.85. The van der Waals surface area contributed by atoms with Crippen molar-refractivity contribution in [3.63, 3.8) is 0 Å². The van der Waals surface area contributed by atoms with Crippen molar-refractivity contribution < 1.29 is 19.1 Å². The minimum Gasteiger partial charge on any atom is -0.497 e. The first-order valence-corrected chi connectivity index (χ1v) is 12.0. The van der Waals surface area contributed by atoms with Gasteiger partial charge in [0.1, 0.15) is 17.1 Å². The number of amides is 2. The van der Waals surface area contributed by atoms with Crippen LogP contribution in [0, 0.1) is 0 Å². The van der Waals surface area contributed by atoms with Gasteiger partial charge in [-0.15, -0.1) is 11.3 Å². The number of hydrogen-bond donors (Lipinski definition) is 1. The minimum absolute atomic E-state index is 0.0178. The van der Waals surface area contributed by atoms with Crippen LogP contribution in [0.3, 0.4) is 0 Å². The SMILES string of the molecule is COc1ccc(N2C(=O)/C(=C/c3ccc(Sc4ccc(Cl)cc4)s3)C(=O)NC2=S)c(OC)c1. The molecule has 168 valence electrons. The van der Waals surface area contributed by atoms with E-state index in [1.165, 1.54) is 30.5 Å². The van der Waals surface area contributed by atoms with Crippen molar-refractivity contribution in [1.29, 1.82) is 0 Å². The van der Waals surface area contributed by atoms with Crippen LogP contribution in [-0.2, 0) is 9.59 Å². The number of ether oxygens (including phenoxy) is 2. The van der Waals surface area contributed by atoms with Crippen molar-refractivity contribution in [2.24, 2.45) is 0 Å². The fraction of sp³-hybridized carbons (Fsp3) is 0.0870. The number of thiophene rings is 1. The van der Waals surface area contributed by atoms with Gasteiger partial charge in [-0.3, -0.25) is 14.9 Å². The van der Waals surface area contributed by atoms with Gasteiger partial charge in [-0.1, -0.05) is 23.4 Å². The van der Waals surface area contributed by atoms with E-state index in [-0.39, 0.29) is 10.7 Å². The zero-order valence-electron chi connectivity index (χ0n) is 17.5. The molecule has 0 bridgehead atoms. The van der Waals surface area contributed by atoms with Gasteiger partial charge in [0.25, 0.3) is 11.8 Å². The third-order valence-electron chi connectivity index (χ3n) is 4.65. The van der Waals surface area contributed by atoms with Gasteiger partial charge in [-0.05, 0) is 66.8 Å². The van der Waals surface area contributed by atoms with Gasteiger partial charge >= 0.3 is 0 Å². The van der Waals surface area contributed by atoms with Crippen LogP contribution >= 0.6 is 46.9 Å². The summed E-state index contributed by atoms with van der Waals surface area (Å²) >= 11 is 14.3. The number of hydrogen-bond acceptors (Lipinski definition) is 7. The van der Waals surface area contributed by atoms with E-state index in [9.17, 15) is 9.59 Å². The lowest BCUT2D eigenvalue weighted by molar-refractivity contribution is -0.122. The smallest absolute Gasteiger partial charge is 0.270 e. The molecule has 0 unspecified atom stereocenters. The Morgan fingerprint density at radius 2 is 1.82 bits per heavy atom. The lowest BCUT2D eigenvalue weighted by atomic mass is 10.1. The molecule has 0 saturated carbocycles. The average molecular weight is 517 g/mol. The summed E-state index contributed by atoms with van der Waals surface area (Å²) in [5.41, 5.74) is 0.385. The fourth-order valence-corrected chi connectivity index (χ4v) is 5.54. The number of rotatable bonds is 6. The number of benzene rings is 2. The van der Waals surface area contributed by atoms with E-state index in [1.807, 2.05) is 36.4 Å². The molecule has 2 aromatic carbocycles. The Morgan fingerprint density at radius 1 is 1.06 bits per heavy atom. The summed E-state index contributed by atoms with van der Waals surface area (Å²) in [5.74, 6) is -0.130. The predicted molar refractivity (Wildman–Crippen MR) is 136 cm³/mol. The highest BCUT2D eigenvalue weighted by atomic mass is 35.5. The summed E-state index contributed by atoms with van der Waals surface area (Å²) in [5, 5.41) is 3.25. The monoisotopic (exact) mass is 516 g/mol. The molecule has 0 radical (unpaired) electrons. The number of carbonyl (C=O) groups is 2. The van der Waals surface area contributed by atoms with Gasteiger partial charge in [0.05, 0.1) is 24.1 Å². The van der Waals surface area contributed by atoms with E-state index in [4.69, 9.17) is 33.3 Å². The highest BCUT2D eigenvalue weighted by molar-refractivity contribution is 8.01. The van der Waals surface area contributed by atoms with Gasteiger partial charge in [-0.25, -0.2) is 4.90 Å². The number of thiocarbonyl (C=S) groups is 1. The second-order valence-corrected chi connectivity index (χ2v) is 10.0. The van der Waals surface area contributed by atoms with Crippen molar-refractivity contribution in [3.8, 4) is 11.5 Å². The van der Waals surface area contributed by atoms with Crippen LogP contribution in [0.25, 0.3) is 6.08 Å². The third kappa shape index (κ3) is 5.06. The second kappa shape index (κ2) is 9.96. The summed E-state index contributed by atoms with van der Waals surface area (Å²) in [6.45, 7) is 0. The molecule has 4 rings (SSSR count). The standard InChI is InChI=1S/C23H17ClN2O4S3/c1-29-14-5-9-18(19(11-14)30-2)26-22(28)17(21(27)25-23(26)31)12-16-8-10-20(33-16)32-15-6-3-13(24)4-7-15/h3-12H,1-2H3,(H,25,27,31)/b17-12+. The Balaban J connectivity index is 1.62. The Bertz CT molecular complexity index is 1270. The molecule has 1 saturated heterocycles. The topological polar surface area (TPSA) is 67.9 Å². The van der Waals surface area contributed by atoms with E-state index in [1.54, 1.807) is 36.0 Å².